The summed E-state index contributed by atoms with van der Waals surface area (Å²) in [6.07, 6.45) is 0. The fourth-order valence-electron chi connectivity index (χ4n) is 1.99. The standard InChI is InChI=1S/C17H16FIN2O2/c1-10(2)20-16(22)12-5-3-4-6-15(12)21-17(23)13-9-11(18)7-8-14(13)19/h3-10H,1-2H3,(H,20,22)(H,21,23). The highest BCUT2D eigenvalue weighted by Crippen LogP contribution is 2.19. The van der Waals surface area contributed by atoms with Gasteiger partial charge in [-0.2, -0.15) is 0 Å². The molecule has 0 heterocycles. The van der Waals surface area contributed by atoms with Crippen molar-refractivity contribution in [3.63, 3.8) is 0 Å². The van der Waals surface area contributed by atoms with E-state index >= 15 is 0 Å². The lowest BCUT2D eigenvalue weighted by molar-refractivity contribution is 0.0944. The molecule has 23 heavy (non-hydrogen) atoms. The zero-order valence-corrected chi connectivity index (χ0v) is 14.8. The smallest absolute Gasteiger partial charge is 0.256 e. The molecule has 0 aromatic heterocycles. The second kappa shape index (κ2) is 7.54. The molecule has 2 aromatic rings. The van der Waals surface area contributed by atoms with E-state index in [0.29, 0.717) is 14.8 Å². The van der Waals surface area contributed by atoms with Crippen LogP contribution in [0.5, 0.6) is 0 Å². The lowest BCUT2D eigenvalue weighted by atomic mass is 10.1. The van der Waals surface area contributed by atoms with Crippen LogP contribution in [0.2, 0.25) is 0 Å². The molecular formula is C17H16FIN2O2. The highest BCUT2D eigenvalue weighted by atomic mass is 127. The predicted octanol–water partition coefficient (Wildman–Crippen LogP) is 3.82. The normalized spacial score (nSPS) is 10.5. The topological polar surface area (TPSA) is 58.2 Å². The van der Waals surface area contributed by atoms with Crippen molar-refractivity contribution < 1.29 is 14.0 Å². The quantitative estimate of drug-likeness (QED) is 0.731. The molecule has 0 bridgehead atoms. The molecule has 0 saturated heterocycles. The van der Waals surface area contributed by atoms with Crippen molar-refractivity contribution >= 4 is 40.1 Å². The van der Waals surface area contributed by atoms with Crippen molar-refractivity contribution in [3.8, 4) is 0 Å². The average Bonchev–Trinajstić information content (AvgIpc) is 2.49. The Bertz CT molecular complexity index is 747. The van der Waals surface area contributed by atoms with E-state index in [0.717, 1.165) is 0 Å². The summed E-state index contributed by atoms with van der Waals surface area (Å²) in [5, 5.41) is 5.46. The molecule has 0 fully saturated rings. The van der Waals surface area contributed by atoms with Crippen LogP contribution in [0.15, 0.2) is 42.5 Å². The van der Waals surface area contributed by atoms with Crippen LogP contribution in [0.1, 0.15) is 34.6 Å². The maximum Gasteiger partial charge on any atom is 0.256 e. The van der Waals surface area contributed by atoms with Gasteiger partial charge in [-0.25, -0.2) is 4.39 Å². The van der Waals surface area contributed by atoms with E-state index in [1.807, 2.05) is 36.4 Å². The van der Waals surface area contributed by atoms with Gasteiger partial charge in [0.25, 0.3) is 11.8 Å². The lowest BCUT2D eigenvalue weighted by Gasteiger charge is -2.13. The van der Waals surface area contributed by atoms with Crippen LogP contribution in [0, 0.1) is 9.39 Å². The molecule has 0 aliphatic carbocycles. The van der Waals surface area contributed by atoms with Crippen LogP contribution in [-0.2, 0) is 0 Å². The van der Waals surface area contributed by atoms with Gasteiger partial charge < -0.3 is 10.6 Å². The van der Waals surface area contributed by atoms with Gasteiger partial charge in [0.1, 0.15) is 5.82 Å². The van der Waals surface area contributed by atoms with Gasteiger partial charge in [0.2, 0.25) is 0 Å². The minimum Gasteiger partial charge on any atom is -0.350 e. The summed E-state index contributed by atoms with van der Waals surface area (Å²) in [7, 11) is 0. The molecule has 0 spiro atoms. The average molecular weight is 426 g/mol. The number of halogens is 2. The summed E-state index contributed by atoms with van der Waals surface area (Å²) in [6, 6.07) is 10.7. The van der Waals surface area contributed by atoms with Crippen LogP contribution >= 0.6 is 22.6 Å². The predicted molar refractivity (Wildman–Crippen MR) is 96.1 cm³/mol. The second-order valence-electron chi connectivity index (χ2n) is 5.25. The summed E-state index contributed by atoms with van der Waals surface area (Å²) in [5.74, 6) is -1.22. The zero-order chi connectivity index (χ0) is 17.0. The van der Waals surface area contributed by atoms with E-state index in [-0.39, 0.29) is 17.5 Å². The third-order valence-electron chi connectivity index (χ3n) is 3.01. The first-order valence-corrected chi connectivity index (χ1v) is 8.12. The van der Waals surface area contributed by atoms with E-state index in [1.54, 1.807) is 24.3 Å². The van der Waals surface area contributed by atoms with Gasteiger partial charge in [0.05, 0.1) is 16.8 Å². The third kappa shape index (κ3) is 4.51. The summed E-state index contributed by atoms with van der Waals surface area (Å²) in [5.41, 5.74) is 0.973. The van der Waals surface area contributed by atoms with Crippen LogP contribution < -0.4 is 10.6 Å². The van der Waals surface area contributed by atoms with Crippen molar-refractivity contribution in [3.05, 3.63) is 63.0 Å². The Kier molecular flexibility index (Phi) is 5.70. The number of nitrogens with one attached hydrogen (secondary N) is 2. The Labute approximate surface area is 147 Å². The number of benzene rings is 2. The lowest BCUT2D eigenvalue weighted by Crippen LogP contribution is -2.31. The molecule has 0 aliphatic rings. The van der Waals surface area contributed by atoms with Crippen molar-refractivity contribution in [1.82, 2.24) is 5.32 Å². The molecule has 0 saturated carbocycles. The maximum absolute atomic E-state index is 13.3. The number of rotatable bonds is 4. The van der Waals surface area contributed by atoms with E-state index < -0.39 is 11.7 Å². The van der Waals surface area contributed by atoms with Crippen molar-refractivity contribution in [2.24, 2.45) is 0 Å². The minimum atomic E-state index is -0.485. The summed E-state index contributed by atoms with van der Waals surface area (Å²) in [6.45, 7) is 3.71. The molecule has 2 N–H and O–H groups in total. The van der Waals surface area contributed by atoms with Gasteiger partial charge in [0.15, 0.2) is 0 Å². The maximum atomic E-state index is 13.3. The highest BCUT2D eigenvalue weighted by molar-refractivity contribution is 14.1. The first-order valence-electron chi connectivity index (χ1n) is 7.04. The monoisotopic (exact) mass is 426 g/mol. The molecule has 0 atom stereocenters. The fourth-order valence-corrected chi connectivity index (χ4v) is 2.57. The van der Waals surface area contributed by atoms with Gasteiger partial charge >= 0.3 is 0 Å². The van der Waals surface area contributed by atoms with Gasteiger partial charge in [-0.3, -0.25) is 9.59 Å². The van der Waals surface area contributed by atoms with Gasteiger partial charge in [0, 0.05) is 9.61 Å². The number of carbonyl (C=O) groups is 2. The van der Waals surface area contributed by atoms with Crippen LogP contribution in [0.25, 0.3) is 0 Å². The van der Waals surface area contributed by atoms with E-state index in [4.69, 9.17) is 0 Å². The highest BCUT2D eigenvalue weighted by Gasteiger charge is 2.16. The Balaban J connectivity index is 2.28. The SMILES string of the molecule is CC(C)NC(=O)c1ccccc1NC(=O)c1cc(F)ccc1I. The summed E-state index contributed by atoms with van der Waals surface area (Å²) in [4.78, 5) is 24.6. The first-order chi connectivity index (χ1) is 10.9. The van der Waals surface area contributed by atoms with E-state index in [9.17, 15) is 14.0 Å². The van der Waals surface area contributed by atoms with Gasteiger partial charge in [-0.15, -0.1) is 0 Å². The van der Waals surface area contributed by atoms with Gasteiger partial charge in [-0.1, -0.05) is 12.1 Å². The Morgan fingerprint density at radius 2 is 1.74 bits per heavy atom. The van der Waals surface area contributed by atoms with E-state index in [2.05, 4.69) is 10.6 Å². The number of hydrogen-bond acceptors (Lipinski definition) is 2. The molecule has 0 aliphatic heterocycles. The third-order valence-corrected chi connectivity index (χ3v) is 3.95. The summed E-state index contributed by atoms with van der Waals surface area (Å²) >= 11 is 1.97. The molecule has 120 valence electrons. The van der Waals surface area contributed by atoms with Crippen LogP contribution in [0.3, 0.4) is 0 Å². The summed E-state index contributed by atoms with van der Waals surface area (Å²) < 4.78 is 14.0. The minimum absolute atomic E-state index is 0.0181. The molecule has 4 nitrogen and oxygen atoms in total. The Hall–Kier alpha value is -1.96. The fraction of sp³-hybridized carbons (Fsp3) is 0.176. The molecule has 2 amide bonds. The van der Waals surface area contributed by atoms with Crippen molar-refractivity contribution in [1.29, 1.82) is 0 Å². The Morgan fingerprint density at radius 1 is 1.04 bits per heavy atom. The number of para-hydroxylation sites is 1. The van der Waals surface area contributed by atoms with E-state index in [1.165, 1.54) is 18.2 Å². The van der Waals surface area contributed by atoms with Gasteiger partial charge in [-0.05, 0) is 66.8 Å². The number of carbonyl (C=O) groups excluding carboxylic acids is 2. The zero-order valence-electron chi connectivity index (χ0n) is 12.7. The number of anilines is 1. The largest absolute Gasteiger partial charge is 0.350 e. The molecule has 2 rings (SSSR count). The van der Waals surface area contributed by atoms with Crippen LogP contribution in [0.4, 0.5) is 10.1 Å². The second-order valence-corrected chi connectivity index (χ2v) is 6.41. The molecule has 0 unspecified atom stereocenters. The number of amides is 2. The van der Waals surface area contributed by atoms with Crippen molar-refractivity contribution in [2.75, 3.05) is 5.32 Å². The Morgan fingerprint density at radius 3 is 2.43 bits per heavy atom. The molecular weight excluding hydrogens is 410 g/mol. The first kappa shape index (κ1) is 17.4. The molecule has 0 radical (unpaired) electrons. The molecule has 2 aromatic carbocycles. The van der Waals surface area contributed by atoms with Crippen molar-refractivity contribution in [2.45, 2.75) is 19.9 Å². The number of hydrogen-bond donors (Lipinski definition) is 2. The van der Waals surface area contributed by atoms with Crippen LogP contribution in [-0.4, -0.2) is 17.9 Å². The molecule has 6 heteroatoms.